The van der Waals surface area contributed by atoms with Crippen LogP contribution in [-0.2, 0) is 11.3 Å². The van der Waals surface area contributed by atoms with E-state index in [0.29, 0.717) is 0 Å². The molecule has 0 radical (unpaired) electrons. The summed E-state index contributed by atoms with van der Waals surface area (Å²) in [7, 11) is 0. The average molecular weight is 308 g/mol. The third-order valence-electron chi connectivity index (χ3n) is 3.98. The van der Waals surface area contributed by atoms with E-state index in [2.05, 4.69) is 47.7 Å². The molecule has 1 aromatic heterocycles. The van der Waals surface area contributed by atoms with Crippen molar-refractivity contribution in [2.24, 2.45) is 0 Å². The second-order valence-corrected chi connectivity index (χ2v) is 5.89. The van der Waals surface area contributed by atoms with Gasteiger partial charge in [-0.25, -0.2) is 4.68 Å². The molecule has 0 saturated carbocycles. The molecule has 0 saturated heterocycles. The topological polar surface area (TPSA) is 59.8 Å². The van der Waals surface area contributed by atoms with E-state index < -0.39 is 0 Å². The maximum Gasteiger partial charge on any atom is 0.242 e. The fourth-order valence-corrected chi connectivity index (χ4v) is 2.85. The van der Waals surface area contributed by atoms with Gasteiger partial charge >= 0.3 is 0 Å². The largest absolute Gasteiger partial charge is 0.348 e. The average Bonchev–Trinajstić information content (AvgIpc) is 2.90. The molecule has 3 aromatic rings. The fourth-order valence-electron chi connectivity index (χ4n) is 2.85. The number of hydrogen-bond donors (Lipinski definition) is 1. The molecule has 5 nitrogen and oxygen atoms in total. The molecule has 1 unspecified atom stereocenters. The molecule has 1 heterocycles. The third kappa shape index (κ3) is 3.23. The van der Waals surface area contributed by atoms with Crippen LogP contribution in [0.5, 0.6) is 0 Å². The summed E-state index contributed by atoms with van der Waals surface area (Å²) in [5, 5.41) is 11.1. The van der Waals surface area contributed by atoms with E-state index in [9.17, 15) is 4.79 Å². The second kappa shape index (κ2) is 6.20. The predicted molar refractivity (Wildman–Crippen MR) is 90.0 cm³/mol. The quantitative estimate of drug-likeness (QED) is 0.806. The maximum absolute atomic E-state index is 12.3. The van der Waals surface area contributed by atoms with Gasteiger partial charge in [-0.3, -0.25) is 4.79 Å². The Hall–Kier alpha value is -2.69. The molecular weight excluding hydrogens is 288 g/mol. The third-order valence-corrected chi connectivity index (χ3v) is 3.98. The lowest BCUT2D eigenvalue weighted by molar-refractivity contribution is -0.122. The summed E-state index contributed by atoms with van der Waals surface area (Å²) in [5.41, 5.74) is 5.19. The van der Waals surface area contributed by atoms with Crippen LogP contribution in [0.3, 0.4) is 0 Å². The van der Waals surface area contributed by atoms with E-state index in [1.807, 2.05) is 31.2 Å². The minimum atomic E-state index is -0.0758. The van der Waals surface area contributed by atoms with Crippen molar-refractivity contribution in [1.82, 2.24) is 20.3 Å². The van der Waals surface area contributed by atoms with Crippen LogP contribution in [0.4, 0.5) is 0 Å². The molecule has 0 aliphatic rings. The monoisotopic (exact) mass is 308 g/mol. The summed E-state index contributed by atoms with van der Waals surface area (Å²) in [6, 6.07) is 13.8. The van der Waals surface area contributed by atoms with Gasteiger partial charge in [-0.15, -0.1) is 5.10 Å². The Labute approximate surface area is 135 Å². The molecule has 0 aliphatic heterocycles. The molecule has 5 heteroatoms. The lowest BCUT2D eigenvalue weighted by Gasteiger charge is -2.17. The molecule has 23 heavy (non-hydrogen) atoms. The number of carbonyl (C=O) groups excluding carboxylic acids is 1. The van der Waals surface area contributed by atoms with Crippen LogP contribution in [0.1, 0.15) is 29.7 Å². The highest BCUT2D eigenvalue weighted by atomic mass is 16.2. The summed E-state index contributed by atoms with van der Waals surface area (Å²) in [5.74, 6) is -0.0758. The first kappa shape index (κ1) is 15.2. The minimum Gasteiger partial charge on any atom is -0.348 e. The zero-order chi connectivity index (χ0) is 16.4. The van der Waals surface area contributed by atoms with Crippen LogP contribution >= 0.6 is 0 Å². The van der Waals surface area contributed by atoms with Gasteiger partial charge in [0, 0.05) is 0 Å². The van der Waals surface area contributed by atoms with E-state index in [4.69, 9.17) is 0 Å². The Morgan fingerprint density at radius 3 is 2.78 bits per heavy atom. The minimum absolute atomic E-state index is 0.0436. The van der Waals surface area contributed by atoms with Crippen LogP contribution in [0, 0.1) is 13.8 Å². The van der Waals surface area contributed by atoms with Gasteiger partial charge in [0.25, 0.3) is 0 Å². The molecule has 0 fully saturated rings. The highest BCUT2D eigenvalue weighted by Gasteiger charge is 2.13. The number of amides is 1. The number of aryl methyl sites for hydroxylation is 2. The Morgan fingerprint density at radius 2 is 2.00 bits per heavy atom. The van der Waals surface area contributed by atoms with E-state index in [1.165, 1.54) is 11.1 Å². The first-order valence-corrected chi connectivity index (χ1v) is 7.69. The standard InChI is InChI=1S/C18H20N4O/c1-12-8-9-15(13(2)10-12)14(3)19-18(23)11-22-17-7-5-4-6-16(17)20-21-22/h4-10,14H,11H2,1-3H3,(H,19,23). The molecule has 0 aliphatic carbocycles. The highest BCUT2D eigenvalue weighted by Crippen LogP contribution is 2.18. The summed E-state index contributed by atoms with van der Waals surface area (Å²) < 4.78 is 1.62. The van der Waals surface area contributed by atoms with Gasteiger partial charge in [-0.2, -0.15) is 0 Å². The van der Waals surface area contributed by atoms with E-state index in [0.717, 1.165) is 16.6 Å². The van der Waals surface area contributed by atoms with Gasteiger partial charge in [0.2, 0.25) is 5.91 Å². The van der Waals surface area contributed by atoms with Gasteiger partial charge < -0.3 is 5.32 Å². The Kier molecular flexibility index (Phi) is 4.10. The van der Waals surface area contributed by atoms with Crippen molar-refractivity contribution >= 4 is 16.9 Å². The number of rotatable bonds is 4. The van der Waals surface area contributed by atoms with Gasteiger partial charge in [0.15, 0.2) is 0 Å². The number of hydrogen-bond acceptors (Lipinski definition) is 3. The zero-order valence-electron chi connectivity index (χ0n) is 13.6. The number of nitrogens with zero attached hydrogens (tertiary/aromatic N) is 3. The summed E-state index contributed by atoms with van der Waals surface area (Å²) in [4.78, 5) is 12.3. The van der Waals surface area contributed by atoms with Crippen LogP contribution in [0.15, 0.2) is 42.5 Å². The lowest BCUT2D eigenvalue weighted by atomic mass is 10.0. The van der Waals surface area contributed by atoms with Crippen molar-refractivity contribution in [2.45, 2.75) is 33.4 Å². The van der Waals surface area contributed by atoms with Crippen LogP contribution in [0.25, 0.3) is 11.0 Å². The molecule has 0 spiro atoms. The second-order valence-electron chi connectivity index (χ2n) is 5.89. The predicted octanol–water partition coefficient (Wildman–Crippen LogP) is 2.93. The first-order valence-electron chi connectivity index (χ1n) is 7.69. The van der Waals surface area contributed by atoms with Crippen LogP contribution in [-0.4, -0.2) is 20.9 Å². The van der Waals surface area contributed by atoms with Crippen molar-refractivity contribution < 1.29 is 4.79 Å². The normalized spacial score (nSPS) is 12.3. The van der Waals surface area contributed by atoms with Gasteiger partial charge in [0.05, 0.1) is 11.6 Å². The lowest BCUT2D eigenvalue weighted by Crippen LogP contribution is -2.30. The van der Waals surface area contributed by atoms with E-state index in [1.54, 1.807) is 4.68 Å². The highest BCUT2D eigenvalue weighted by molar-refractivity contribution is 5.80. The van der Waals surface area contributed by atoms with Gasteiger partial charge in [0.1, 0.15) is 12.1 Å². The summed E-state index contributed by atoms with van der Waals surface area (Å²) in [6.07, 6.45) is 0. The van der Waals surface area contributed by atoms with E-state index >= 15 is 0 Å². The van der Waals surface area contributed by atoms with Crippen molar-refractivity contribution in [2.75, 3.05) is 0 Å². The van der Waals surface area contributed by atoms with Gasteiger partial charge in [-0.05, 0) is 44.0 Å². The number of fused-ring (bicyclic) bond motifs is 1. The molecule has 2 aromatic carbocycles. The molecule has 118 valence electrons. The SMILES string of the molecule is Cc1ccc(C(C)NC(=O)Cn2nnc3ccccc32)c(C)c1. The van der Waals surface area contributed by atoms with E-state index in [-0.39, 0.29) is 18.5 Å². The number of carbonyl (C=O) groups is 1. The Morgan fingerprint density at radius 1 is 1.22 bits per heavy atom. The summed E-state index contributed by atoms with van der Waals surface area (Å²) in [6.45, 7) is 6.29. The Balaban J connectivity index is 1.71. The molecule has 1 N–H and O–H groups in total. The first-order chi connectivity index (χ1) is 11.0. The number of para-hydroxylation sites is 1. The van der Waals surface area contributed by atoms with Crippen LogP contribution < -0.4 is 5.32 Å². The van der Waals surface area contributed by atoms with Crippen molar-refractivity contribution in [3.05, 3.63) is 59.2 Å². The molecular formula is C18H20N4O. The smallest absolute Gasteiger partial charge is 0.242 e. The maximum atomic E-state index is 12.3. The van der Waals surface area contributed by atoms with Crippen molar-refractivity contribution in [1.29, 1.82) is 0 Å². The Bertz CT molecular complexity index is 853. The molecule has 1 atom stereocenters. The molecule has 3 rings (SSSR count). The summed E-state index contributed by atoms with van der Waals surface area (Å²) >= 11 is 0. The van der Waals surface area contributed by atoms with Crippen molar-refractivity contribution in [3.8, 4) is 0 Å². The van der Waals surface area contributed by atoms with Crippen LogP contribution in [0.2, 0.25) is 0 Å². The van der Waals surface area contributed by atoms with Crippen molar-refractivity contribution in [3.63, 3.8) is 0 Å². The number of benzene rings is 2. The number of aromatic nitrogens is 3. The molecule has 0 bridgehead atoms. The fraction of sp³-hybridized carbons (Fsp3) is 0.278. The van der Waals surface area contributed by atoms with Gasteiger partial charge in [-0.1, -0.05) is 41.1 Å². The zero-order valence-corrected chi connectivity index (χ0v) is 13.6. The number of nitrogens with one attached hydrogen (secondary N) is 1. The molecule has 1 amide bonds.